The van der Waals surface area contributed by atoms with E-state index in [1.165, 1.54) is 0 Å². The van der Waals surface area contributed by atoms with Gasteiger partial charge in [-0.3, -0.25) is 4.79 Å². The minimum absolute atomic E-state index is 0.0788. The molecule has 0 spiro atoms. The highest BCUT2D eigenvalue weighted by atomic mass is 16.5. The molecule has 0 atom stereocenters. The van der Waals surface area contributed by atoms with Gasteiger partial charge in [-0.05, 0) is 24.0 Å². The first-order valence-corrected chi connectivity index (χ1v) is 6.31. The highest BCUT2D eigenvalue weighted by Gasteiger charge is 2.29. The number of rotatable bonds is 5. The average Bonchev–Trinajstić information content (AvgIpc) is 2.34. The molecule has 98 valence electrons. The molecule has 0 saturated heterocycles. The summed E-state index contributed by atoms with van der Waals surface area (Å²) in [5.74, 6) is 0.0788. The molecule has 1 saturated carbocycles. The van der Waals surface area contributed by atoms with Crippen molar-refractivity contribution in [3.63, 3.8) is 0 Å². The maximum Gasteiger partial charge on any atom is 0.224 e. The van der Waals surface area contributed by atoms with E-state index in [4.69, 9.17) is 10.5 Å². The Morgan fingerprint density at radius 2 is 1.94 bits per heavy atom. The van der Waals surface area contributed by atoms with E-state index in [0.717, 1.165) is 24.0 Å². The van der Waals surface area contributed by atoms with Gasteiger partial charge in [0.15, 0.2) is 0 Å². The molecule has 4 heteroatoms. The molecule has 18 heavy (non-hydrogen) atoms. The largest absolute Gasteiger partial charge is 0.381 e. The molecule has 1 aliphatic carbocycles. The third-order valence-corrected chi connectivity index (χ3v) is 3.42. The molecule has 2 rings (SSSR count). The quantitative estimate of drug-likeness (QED) is 0.816. The van der Waals surface area contributed by atoms with Crippen LogP contribution in [0.2, 0.25) is 0 Å². The summed E-state index contributed by atoms with van der Waals surface area (Å²) in [6, 6.07) is 8.13. The molecule has 0 unspecified atom stereocenters. The van der Waals surface area contributed by atoms with Crippen molar-refractivity contribution in [1.82, 2.24) is 5.32 Å². The second kappa shape index (κ2) is 5.98. The van der Waals surface area contributed by atoms with Crippen molar-refractivity contribution in [2.45, 2.75) is 38.0 Å². The standard InChI is InChI=1S/C14H20N2O2/c1-18-13-7-12(8-13)16-14(17)6-10-2-4-11(9-15)5-3-10/h2-5,12-13H,6-9,15H2,1H3,(H,16,17). The average molecular weight is 248 g/mol. The molecule has 1 aromatic rings. The van der Waals surface area contributed by atoms with E-state index >= 15 is 0 Å². The maximum atomic E-state index is 11.8. The van der Waals surface area contributed by atoms with Crippen LogP contribution >= 0.6 is 0 Å². The van der Waals surface area contributed by atoms with Gasteiger partial charge in [0.05, 0.1) is 12.5 Å². The van der Waals surface area contributed by atoms with Crippen molar-refractivity contribution in [2.24, 2.45) is 5.73 Å². The van der Waals surface area contributed by atoms with Gasteiger partial charge in [-0.25, -0.2) is 0 Å². The Labute approximate surface area is 108 Å². The molecule has 1 fully saturated rings. The number of nitrogens with one attached hydrogen (secondary N) is 1. The normalized spacial score (nSPS) is 22.3. The molecule has 0 aliphatic heterocycles. The first kappa shape index (κ1) is 13.1. The van der Waals surface area contributed by atoms with Gasteiger partial charge in [-0.15, -0.1) is 0 Å². The van der Waals surface area contributed by atoms with E-state index in [-0.39, 0.29) is 11.9 Å². The van der Waals surface area contributed by atoms with Gasteiger partial charge in [0, 0.05) is 19.7 Å². The third kappa shape index (κ3) is 3.31. The number of carbonyl (C=O) groups excluding carboxylic acids is 1. The lowest BCUT2D eigenvalue weighted by Crippen LogP contribution is -2.47. The minimum Gasteiger partial charge on any atom is -0.381 e. The zero-order chi connectivity index (χ0) is 13.0. The molecular weight excluding hydrogens is 228 g/mol. The van der Waals surface area contributed by atoms with Crippen molar-refractivity contribution >= 4 is 5.91 Å². The van der Waals surface area contributed by atoms with Gasteiger partial charge in [0.1, 0.15) is 0 Å². The lowest BCUT2D eigenvalue weighted by molar-refractivity contribution is -0.122. The Morgan fingerprint density at radius 1 is 1.33 bits per heavy atom. The molecule has 0 bridgehead atoms. The Kier molecular flexibility index (Phi) is 4.33. The van der Waals surface area contributed by atoms with E-state index in [1.807, 2.05) is 24.3 Å². The van der Waals surface area contributed by atoms with Crippen LogP contribution in [0.3, 0.4) is 0 Å². The third-order valence-electron chi connectivity index (χ3n) is 3.42. The lowest BCUT2D eigenvalue weighted by Gasteiger charge is -2.34. The summed E-state index contributed by atoms with van der Waals surface area (Å²) in [4.78, 5) is 11.8. The van der Waals surface area contributed by atoms with E-state index in [0.29, 0.717) is 19.1 Å². The predicted molar refractivity (Wildman–Crippen MR) is 70.0 cm³/mol. The lowest BCUT2D eigenvalue weighted by atomic mass is 9.89. The van der Waals surface area contributed by atoms with Crippen molar-refractivity contribution in [2.75, 3.05) is 7.11 Å². The zero-order valence-electron chi connectivity index (χ0n) is 10.7. The van der Waals surface area contributed by atoms with Crippen LogP contribution in [0, 0.1) is 0 Å². The van der Waals surface area contributed by atoms with E-state index in [2.05, 4.69) is 5.32 Å². The Hall–Kier alpha value is -1.39. The Morgan fingerprint density at radius 3 is 2.50 bits per heavy atom. The Bertz CT molecular complexity index is 397. The van der Waals surface area contributed by atoms with Crippen LogP contribution in [-0.2, 0) is 22.5 Å². The molecule has 0 heterocycles. The zero-order valence-corrected chi connectivity index (χ0v) is 10.7. The molecule has 3 N–H and O–H groups in total. The first-order chi connectivity index (χ1) is 8.71. The summed E-state index contributed by atoms with van der Waals surface area (Å²) in [7, 11) is 1.71. The van der Waals surface area contributed by atoms with Crippen molar-refractivity contribution in [1.29, 1.82) is 0 Å². The second-order valence-corrected chi connectivity index (χ2v) is 4.79. The van der Waals surface area contributed by atoms with Gasteiger partial charge in [0.2, 0.25) is 5.91 Å². The van der Waals surface area contributed by atoms with Crippen LogP contribution in [0.25, 0.3) is 0 Å². The number of amides is 1. The van der Waals surface area contributed by atoms with Crippen LogP contribution in [-0.4, -0.2) is 25.2 Å². The molecule has 1 aromatic carbocycles. The molecule has 0 aromatic heterocycles. The molecule has 0 radical (unpaired) electrons. The summed E-state index contributed by atoms with van der Waals surface area (Å²) >= 11 is 0. The van der Waals surface area contributed by atoms with Crippen molar-refractivity contribution in [3.8, 4) is 0 Å². The number of ether oxygens (including phenoxy) is 1. The van der Waals surface area contributed by atoms with Crippen LogP contribution in [0.1, 0.15) is 24.0 Å². The highest BCUT2D eigenvalue weighted by Crippen LogP contribution is 2.22. The summed E-state index contributed by atoms with van der Waals surface area (Å²) < 4.78 is 5.18. The smallest absolute Gasteiger partial charge is 0.224 e. The van der Waals surface area contributed by atoms with Crippen molar-refractivity contribution in [3.05, 3.63) is 35.4 Å². The number of benzene rings is 1. The van der Waals surface area contributed by atoms with E-state index < -0.39 is 0 Å². The number of hydrogen-bond donors (Lipinski definition) is 2. The van der Waals surface area contributed by atoms with E-state index in [1.54, 1.807) is 7.11 Å². The van der Waals surface area contributed by atoms with Gasteiger partial charge < -0.3 is 15.8 Å². The summed E-state index contributed by atoms with van der Waals surface area (Å²) in [6.07, 6.45) is 2.60. The van der Waals surface area contributed by atoms with Gasteiger partial charge in [0.25, 0.3) is 0 Å². The maximum absolute atomic E-state index is 11.8. The number of hydrogen-bond acceptors (Lipinski definition) is 3. The predicted octanol–water partition coefficient (Wildman–Crippen LogP) is 0.981. The first-order valence-electron chi connectivity index (χ1n) is 6.31. The van der Waals surface area contributed by atoms with E-state index in [9.17, 15) is 4.79 Å². The number of nitrogens with two attached hydrogens (primary N) is 1. The minimum atomic E-state index is 0.0788. The SMILES string of the molecule is COC1CC(NC(=O)Cc2ccc(CN)cc2)C1. The Balaban J connectivity index is 1.77. The molecule has 1 amide bonds. The fourth-order valence-electron chi connectivity index (χ4n) is 2.13. The number of carbonyl (C=O) groups is 1. The summed E-state index contributed by atoms with van der Waals surface area (Å²) in [5, 5.41) is 3.01. The van der Waals surface area contributed by atoms with Crippen LogP contribution in [0.5, 0.6) is 0 Å². The van der Waals surface area contributed by atoms with Crippen LogP contribution < -0.4 is 11.1 Å². The highest BCUT2D eigenvalue weighted by molar-refractivity contribution is 5.79. The number of methoxy groups -OCH3 is 1. The van der Waals surface area contributed by atoms with Gasteiger partial charge in [-0.2, -0.15) is 0 Å². The topological polar surface area (TPSA) is 64.3 Å². The summed E-state index contributed by atoms with van der Waals surface area (Å²) in [6.45, 7) is 0.535. The fraction of sp³-hybridized carbons (Fsp3) is 0.500. The molecule has 4 nitrogen and oxygen atoms in total. The van der Waals surface area contributed by atoms with Crippen molar-refractivity contribution < 1.29 is 9.53 Å². The monoisotopic (exact) mass is 248 g/mol. The van der Waals surface area contributed by atoms with Gasteiger partial charge in [-0.1, -0.05) is 24.3 Å². The molecule has 1 aliphatic rings. The van der Waals surface area contributed by atoms with Crippen LogP contribution in [0.15, 0.2) is 24.3 Å². The fourth-order valence-corrected chi connectivity index (χ4v) is 2.13. The van der Waals surface area contributed by atoms with Crippen LogP contribution in [0.4, 0.5) is 0 Å². The van der Waals surface area contributed by atoms with Gasteiger partial charge >= 0.3 is 0 Å². The summed E-state index contributed by atoms with van der Waals surface area (Å²) in [5.41, 5.74) is 7.63. The molecular formula is C14H20N2O2. The second-order valence-electron chi connectivity index (χ2n) is 4.79.